The second-order valence-corrected chi connectivity index (χ2v) is 7.34. The number of hydrogen-bond donors (Lipinski definition) is 1. The Kier molecular flexibility index (Phi) is 5.18. The summed E-state index contributed by atoms with van der Waals surface area (Å²) in [5.74, 6) is -0.582. The first-order valence-corrected chi connectivity index (χ1v) is 9.72. The molecule has 0 saturated carbocycles. The second-order valence-electron chi connectivity index (χ2n) is 6.42. The molecule has 2 aromatic heterocycles. The molecule has 0 aliphatic rings. The van der Waals surface area contributed by atoms with Crippen LogP contribution in [0.15, 0.2) is 83.5 Å². The number of ketones is 1. The number of pyridine rings is 1. The maximum atomic E-state index is 13.2. The van der Waals surface area contributed by atoms with Gasteiger partial charge in [-0.3, -0.25) is 9.59 Å². The van der Waals surface area contributed by atoms with Gasteiger partial charge in [-0.05, 0) is 54.1 Å². The molecule has 0 unspecified atom stereocenters. The lowest BCUT2D eigenvalue weighted by atomic mass is 10.0. The third-order valence-electron chi connectivity index (χ3n) is 4.58. The van der Waals surface area contributed by atoms with Crippen LogP contribution < -0.4 is 10.1 Å². The van der Waals surface area contributed by atoms with Gasteiger partial charge in [0.2, 0.25) is 0 Å². The van der Waals surface area contributed by atoms with Gasteiger partial charge in [0.15, 0.2) is 0 Å². The summed E-state index contributed by atoms with van der Waals surface area (Å²) in [5.41, 5.74) is 3.21. The molecule has 6 heteroatoms. The zero-order chi connectivity index (χ0) is 20.4. The van der Waals surface area contributed by atoms with Crippen molar-refractivity contribution in [2.75, 3.05) is 12.4 Å². The van der Waals surface area contributed by atoms with Gasteiger partial charge in [-0.25, -0.2) is 0 Å². The fraction of sp³-hybridized carbons (Fsp3) is 0.0435. The summed E-state index contributed by atoms with van der Waals surface area (Å²) >= 11 is 3.36. The number of benzene rings is 2. The molecule has 1 amide bonds. The van der Waals surface area contributed by atoms with E-state index in [0.717, 1.165) is 21.3 Å². The predicted molar refractivity (Wildman–Crippen MR) is 116 cm³/mol. The Morgan fingerprint density at radius 1 is 0.966 bits per heavy atom. The smallest absolute Gasteiger partial charge is 0.298 e. The summed E-state index contributed by atoms with van der Waals surface area (Å²) in [4.78, 5) is 25.9. The van der Waals surface area contributed by atoms with E-state index in [1.807, 2.05) is 54.6 Å². The molecule has 0 saturated heterocycles. The molecule has 0 bridgehead atoms. The van der Waals surface area contributed by atoms with Gasteiger partial charge >= 0.3 is 0 Å². The van der Waals surface area contributed by atoms with Crippen LogP contribution in [0, 0.1) is 0 Å². The largest absolute Gasteiger partial charge is 0.497 e. The highest BCUT2D eigenvalue weighted by molar-refractivity contribution is 9.10. The van der Waals surface area contributed by atoms with Crippen LogP contribution in [0.4, 0.5) is 5.69 Å². The molecule has 0 atom stereocenters. The van der Waals surface area contributed by atoms with Crippen molar-refractivity contribution in [1.82, 2.24) is 4.40 Å². The SMILES string of the molecule is COc1ccc(-c2cc3ccccn3c2C(=O)C(=O)Nc2cccc(Br)c2)cc1. The highest BCUT2D eigenvalue weighted by Crippen LogP contribution is 2.30. The molecule has 0 aliphatic carbocycles. The van der Waals surface area contributed by atoms with Gasteiger partial charge < -0.3 is 14.5 Å². The van der Waals surface area contributed by atoms with Gasteiger partial charge in [-0.15, -0.1) is 0 Å². The summed E-state index contributed by atoms with van der Waals surface area (Å²) in [6.45, 7) is 0. The Morgan fingerprint density at radius 2 is 1.76 bits per heavy atom. The average molecular weight is 449 g/mol. The van der Waals surface area contributed by atoms with E-state index in [0.29, 0.717) is 16.9 Å². The van der Waals surface area contributed by atoms with Crippen LogP contribution in [0.5, 0.6) is 5.75 Å². The summed E-state index contributed by atoms with van der Waals surface area (Å²) in [6.07, 6.45) is 1.78. The monoisotopic (exact) mass is 448 g/mol. The molecule has 0 spiro atoms. The Balaban J connectivity index is 1.76. The van der Waals surface area contributed by atoms with Crippen LogP contribution >= 0.6 is 15.9 Å². The number of nitrogens with zero attached hydrogens (tertiary/aromatic N) is 1. The number of carbonyl (C=O) groups is 2. The van der Waals surface area contributed by atoms with Gasteiger partial charge in [0.1, 0.15) is 11.4 Å². The molecule has 0 radical (unpaired) electrons. The number of fused-ring (bicyclic) bond motifs is 1. The zero-order valence-corrected chi connectivity index (χ0v) is 17.1. The van der Waals surface area contributed by atoms with Crippen molar-refractivity contribution in [2.24, 2.45) is 0 Å². The number of methoxy groups -OCH3 is 1. The molecule has 2 aromatic carbocycles. The molecule has 2 heterocycles. The fourth-order valence-electron chi connectivity index (χ4n) is 3.21. The maximum Gasteiger partial charge on any atom is 0.298 e. The van der Waals surface area contributed by atoms with Crippen LogP contribution in [-0.4, -0.2) is 23.2 Å². The van der Waals surface area contributed by atoms with E-state index >= 15 is 0 Å². The van der Waals surface area contributed by atoms with Crippen LogP contribution in [-0.2, 0) is 4.79 Å². The van der Waals surface area contributed by atoms with Gasteiger partial charge in [0.25, 0.3) is 11.7 Å². The number of carbonyl (C=O) groups excluding carboxylic acids is 2. The first-order chi connectivity index (χ1) is 14.1. The number of halogens is 1. The summed E-state index contributed by atoms with van der Waals surface area (Å²) in [7, 11) is 1.60. The van der Waals surface area contributed by atoms with E-state index in [4.69, 9.17) is 4.74 Å². The van der Waals surface area contributed by atoms with Crippen LogP contribution in [0.1, 0.15) is 10.5 Å². The summed E-state index contributed by atoms with van der Waals surface area (Å²) < 4.78 is 7.77. The van der Waals surface area contributed by atoms with E-state index in [1.54, 1.807) is 35.9 Å². The fourth-order valence-corrected chi connectivity index (χ4v) is 3.61. The highest BCUT2D eigenvalue weighted by Gasteiger charge is 2.25. The first-order valence-electron chi connectivity index (χ1n) is 8.92. The third-order valence-corrected chi connectivity index (χ3v) is 5.08. The number of ether oxygens (including phenoxy) is 1. The minimum Gasteiger partial charge on any atom is -0.497 e. The van der Waals surface area contributed by atoms with Crippen LogP contribution in [0.3, 0.4) is 0 Å². The molecular formula is C23H17BrN2O3. The minimum absolute atomic E-state index is 0.318. The number of anilines is 1. The lowest BCUT2D eigenvalue weighted by Gasteiger charge is -2.08. The predicted octanol–water partition coefficient (Wildman–Crippen LogP) is 5.20. The van der Waals surface area contributed by atoms with Crippen molar-refractivity contribution >= 4 is 38.8 Å². The van der Waals surface area contributed by atoms with Crippen molar-refractivity contribution in [2.45, 2.75) is 0 Å². The lowest BCUT2D eigenvalue weighted by molar-refractivity contribution is -0.112. The normalized spacial score (nSPS) is 10.7. The van der Waals surface area contributed by atoms with Crippen molar-refractivity contribution < 1.29 is 14.3 Å². The zero-order valence-electron chi connectivity index (χ0n) is 15.6. The molecule has 4 rings (SSSR count). The molecule has 5 nitrogen and oxygen atoms in total. The first kappa shape index (κ1) is 19.0. The van der Waals surface area contributed by atoms with E-state index in [1.165, 1.54) is 0 Å². The summed E-state index contributed by atoms with van der Waals surface area (Å²) in [5, 5.41) is 2.68. The number of nitrogens with one attached hydrogen (secondary N) is 1. The molecule has 4 aromatic rings. The molecule has 144 valence electrons. The van der Waals surface area contributed by atoms with E-state index in [2.05, 4.69) is 21.2 Å². The lowest BCUT2D eigenvalue weighted by Crippen LogP contribution is -2.24. The highest BCUT2D eigenvalue weighted by atomic mass is 79.9. The molecule has 1 N–H and O–H groups in total. The van der Waals surface area contributed by atoms with Gasteiger partial charge in [-0.2, -0.15) is 0 Å². The maximum absolute atomic E-state index is 13.2. The number of amides is 1. The second kappa shape index (κ2) is 7.93. The van der Waals surface area contributed by atoms with Crippen molar-refractivity contribution in [1.29, 1.82) is 0 Å². The molecule has 0 aliphatic heterocycles. The quantitative estimate of drug-likeness (QED) is 0.337. The van der Waals surface area contributed by atoms with Gasteiger partial charge in [0.05, 0.1) is 7.11 Å². The van der Waals surface area contributed by atoms with Crippen molar-refractivity contribution in [3.05, 3.63) is 89.2 Å². The van der Waals surface area contributed by atoms with Gasteiger partial charge in [0, 0.05) is 27.4 Å². The van der Waals surface area contributed by atoms with Gasteiger partial charge in [-0.1, -0.05) is 40.2 Å². The average Bonchev–Trinajstić information content (AvgIpc) is 3.12. The Hall–Kier alpha value is -3.38. The molecule has 29 heavy (non-hydrogen) atoms. The standard InChI is InChI=1S/C23H17BrN2O3/c1-29-19-10-8-15(9-11-19)20-14-18-7-2-3-12-26(18)21(20)22(27)23(28)25-17-6-4-5-16(24)13-17/h2-14H,1H3,(H,25,28). The van der Waals surface area contributed by atoms with Crippen molar-refractivity contribution in [3.8, 4) is 16.9 Å². The third kappa shape index (κ3) is 3.79. The Morgan fingerprint density at radius 3 is 2.48 bits per heavy atom. The number of rotatable bonds is 5. The van der Waals surface area contributed by atoms with E-state index in [-0.39, 0.29) is 0 Å². The topological polar surface area (TPSA) is 59.8 Å². The van der Waals surface area contributed by atoms with Crippen molar-refractivity contribution in [3.63, 3.8) is 0 Å². The number of Topliss-reactive ketones (excluding diaryl/α,β-unsaturated/α-hetero) is 1. The van der Waals surface area contributed by atoms with Crippen LogP contribution in [0.2, 0.25) is 0 Å². The number of hydrogen-bond acceptors (Lipinski definition) is 3. The molecular weight excluding hydrogens is 432 g/mol. The van der Waals surface area contributed by atoms with E-state index < -0.39 is 11.7 Å². The molecule has 0 fully saturated rings. The van der Waals surface area contributed by atoms with E-state index in [9.17, 15) is 9.59 Å². The Bertz CT molecular complexity index is 1210. The Labute approximate surface area is 176 Å². The van der Waals surface area contributed by atoms with Crippen LogP contribution in [0.25, 0.3) is 16.6 Å². The summed E-state index contributed by atoms with van der Waals surface area (Å²) in [6, 6.07) is 22.0. The number of aromatic nitrogens is 1. The minimum atomic E-state index is -0.693.